The predicted molar refractivity (Wildman–Crippen MR) is 110 cm³/mol. The molecule has 1 N–H and O–H groups in total. The van der Waals surface area contributed by atoms with E-state index in [4.69, 9.17) is 4.42 Å². The molecule has 28 heavy (non-hydrogen) atoms. The number of fused-ring (bicyclic) bond motifs is 1. The highest BCUT2D eigenvalue weighted by atomic mass is 16.3. The van der Waals surface area contributed by atoms with Crippen LogP contribution in [0.5, 0.6) is 0 Å². The van der Waals surface area contributed by atoms with Crippen molar-refractivity contribution in [2.24, 2.45) is 4.99 Å². The molecule has 0 aliphatic carbocycles. The Morgan fingerprint density at radius 1 is 0.964 bits per heavy atom. The van der Waals surface area contributed by atoms with Crippen molar-refractivity contribution in [1.82, 2.24) is 4.98 Å². The Labute approximate surface area is 162 Å². The molecule has 4 rings (SSSR count). The summed E-state index contributed by atoms with van der Waals surface area (Å²) in [5.74, 6) is 0.147. The molecule has 2 aromatic carbocycles. The zero-order valence-electron chi connectivity index (χ0n) is 15.6. The van der Waals surface area contributed by atoms with Gasteiger partial charge in [-0.1, -0.05) is 30.3 Å². The molecule has 2 heterocycles. The van der Waals surface area contributed by atoms with E-state index in [1.54, 1.807) is 24.4 Å². The quantitative estimate of drug-likeness (QED) is 0.557. The highest BCUT2D eigenvalue weighted by molar-refractivity contribution is 6.04. The van der Waals surface area contributed by atoms with E-state index >= 15 is 0 Å². The van der Waals surface area contributed by atoms with Gasteiger partial charge in [0.05, 0.1) is 5.69 Å². The minimum absolute atomic E-state index is 0.260. The van der Waals surface area contributed by atoms with Crippen LogP contribution in [0.1, 0.15) is 21.5 Å². The zero-order valence-corrected chi connectivity index (χ0v) is 15.6. The maximum atomic E-state index is 12.9. The third-order valence-corrected chi connectivity index (χ3v) is 4.53. The monoisotopic (exact) mass is 369 g/mol. The number of aryl methyl sites for hydroxylation is 2. The fourth-order valence-corrected chi connectivity index (χ4v) is 2.85. The Bertz CT molecular complexity index is 1230. The van der Waals surface area contributed by atoms with Crippen LogP contribution in [-0.4, -0.2) is 10.9 Å². The highest BCUT2D eigenvalue weighted by Crippen LogP contribution is 2.18. The molecular formula is C23H19N3O2. The first-order valence-electron chi connectivity index (χ1n) is 8.97. The standard InChI is InChI=1S/C23H19N3O2/c1-15-10-11-18(13-16(15)2)25-23-19(14-17-7-3-4-8-20(17)28-23)22(27)26-21-9-5-6-12-24-21/h3-14H,1-2H3,(H,24,26,27). The number of benzene rings is 2. The van der Waals surface area contributed by atoms with Crippen molar-refractivity contribution < 1.29 is 9.21 Å². The number of rotatable bonds is 3. The summed E-state index contributed by atoms with van der Waals surface area (Å²) in [5, 5.41) is 3.63. The van der Waals surface area contributed by atoms with E-state index in [1.807, 2.05) is 62.4 Å². The van der Waals surface area contributed by atoms with Gasteiger partial charge in [-0.25, -0.2) is 9.98 Å². The molecule has 1 amide bonds. The number of aromatic nitrogens is 1. The SMILES string of the molecule is Cc1ccc(N=c2oc3ccccc3cc2C(=O)Nc2ccccn2)cc1C. The first kappa shape index (κ1) is 17.7. The molecule has 4 aromatic rings. The molecular weight excluding hydrogens is 350 g/mol. The molecule has 5 heteroatoms. The average Bonchev–Trinajstić information content (AvgIpc) is 2.71. The normalized spacial score (nSPS) is 11.6. The Kier molecular flexibility index (Phi) is 4.72. The third-order valence-electron chi connectivity index (χ3n) is 4.53. The predicted octanol–water partition coefficient (Wildman–Crippen LogP) is 4.93. The fraction of sp³-hybridized carbons (Fsp3) is 0.0870. The van der Waals surface area contributed by atoms with Crippen LogP contribution in [0.15, 0.2) is 82.3 Å². The lowest BCUT2D eigenvalue weighted by Crippen LogP contribution is -2.22. The summed E-state index contributed by atoms with van der Waals surface area (Å²) < 4.78 is 5.98. The minimum atomic E-state index is -0.323. The maximum Gasteiger partial charge on any atom is 0.262 e. The summed E-state index contributed by atoms with van der Waals surface area (Å²) >= 11 is 0. The van der Waals surface area contributed by atoms with Gasteiger partial charge >= 0.3 is 0 Å². The van der Waals surface area contributed by atoms with Crippen LogP contribution in [0.2, 0.25) is 0 Å². The van der Waals surface area contributed by atoms with Gasteiger partial charge in [0.15, 0.2) is 0 Å². The van der Waals surface area contributed by atoms with Gasteiger partial charge in [-0.2, -0.15) is 0 Å². The Balaban J connectivity index is 1.85. The van der Waals surface area contributed by atoms with Gasteiger partial charge in [0.25, 0.3) is 5.91 Å². The van der Waals surface area contributed by atoms with Crippen molar-refractivity contribution in [2.75, 3.05) is 5.32 Å². The van der Waals surface area contributed by atoms with E-state index in [9.17, 15) is 4.79 Å². The molecule has 0 saturated heterocycles. The molecule has 0 aliphatic rings. The number of anilines is 1. The van der Waals surface area contributed by atoms with E-state index in [0.29, 0.717) is 17.0 Å². The maximum absolute atomic E-state index is 12.9. The second-order valence-corrected chi connectivity index (χ2v) is 6.55. The fourth-order valence-electron chi connectivity index (χ4n) is 2.85. The van der Waals surface area contributed by atoms with Crippen LogP contribution < -0.4 is 10.9 Å². The van der Waals surface area contributed by atoms with Crippen LogP contribution in [0, 0.1) is 13.8 Å². The minimum Gasteiger partial charge on any atom is -0.438 e. The summed E-state index contributed by atoms with van der Waals surface area (Å²) in [4.78, 5) is 21.7. The number of pyridine rings is 1. The van der Waals surface area contributed by atoms with E-state index in [-0.39, 0.29) is 11.5 Å². The molecule has 5 nitrogen and oxygen atoms in total. The number of carbonyl (C=O) groups is 1. The van der Waals surface area contributed by atoms with E-state index in [2.05, 4.69) is 15.3 Å². The number of nitrogens with zero attached hydrogens (tertiary/aromatic N) is 2. The number of hydrogen-bond donors (Lipinski definition) is 1. The topological polar surface area (TPSA) is 67.5 Å². The highest BCUT2D eigenvalue weighted by Gasteiger charge is 2.13. The van der Waals surface area contributed by atoms with Crippen LogP contribution in [0.4, 0.5) is 11.5 Å². The smallest absolute Gasteiger partial charge is 0.262 e. The molecule has 138 valence electrons. The van der Waals surface area contributed by atoms with Gasteiger partial charge in [0.1, 0.15) is 17.0 Å². The molecule has 0 aliphatic heterocycles. The van der Waals surface area contributed by atoms with Crippen molar-refractivity contribution in [3.8, 4) is 0 Å². The second kappa shape index (κ2) is 7.48. The van der Waals surface area contributed by atoms with Crippen molar-refractivity contribution in [2.45, 2.75) is 13.8 Å². The van der Waals surface area contributed by atoms with Gasteiger partial charge in [-0.15, -0.1) is 0 Å². The van der Waals surface area contributed by atoms with Crippen LogP contribution >= 0.6 is 0 Å². The van der Waals surface area contributed by atoms with E-state index < -0.39 is 0 Å². The zero-order chi connectivity index (χ0) is 19.5. The third kappa shape index (κ3) is 3.69. The molecule has 0 bridgehead atoms. The molecule has 0 saturated carbocycles. The van der Waals surface area contributed by atoms with Crippen molar-refractivity contribution in [1.29, 1.82) is 0 Å². The van der Waals surface area contributed by atoms with Crippen molar-refractivity contribution >= 4 is 28.4 Å². The molecule has 2 aromatic heterocycles. The lowest BCUT2D eigenvalue weighted by molar-refractivity contribution is 0.102. The number of nitrogens with one attached hydrogen (secondary N) is 1. The second-order valence-electron chi connectivity index (χ2n) is 6.55. The first-order chi connectivity index (χ1) is 13.6. The van der Waals surface area contributed by atoms with E-state index in [1.165, 1.54) is 5.56 Å². The van der Waals surface area contributed by atoms with Crippen LogP contribution in [0.3, 0.4) is 0 Å². The summed E-state index contributed by atoms with van der Waals surface area (Å²) in [6.45, 7) is 4.08. The van der Waals surface area contributed by atoms with Gasteiger partial charge in [-0.05, 0) is 61.4 Å². The van der Waals surface area contributed by atoms with Crippen molar-refractivity contribution in [3.05, 3.63) is 95.2 Å². The summed E-state index contributed by atoms with van der Waals surface area (Å²) in [5.41, 5.74) is 4.32. The molecule has 0 unspecified atom stereocenters. The Morgan fingerprint density at radius 3 is 2.57 bits per heavy atom. The largest absolute Gasteiger partial charge is 0.438 e. The molecule has 0 atom stereocenters. The van der Waals surface area contributed by atoms with Crippen molar-refractivity contribution in [3.63, 3.8) is 0 Å². The summed E-state index contributed by atoms with van der Waals surface area (Å²) in [7, 11) is 0. The van der Waals surface area contributed by atoms with Gasteiger partial charge in [-0.3, -0.25) is 4.79 Å². The number of para-hydroxylation sites is 1. The number of amides is 1. The summed E-state index contributed by atoms with van der Waals surface area (Å²) in [6, 6.07) is 20.6. The first-order valence-corrected chi connectivity index (χ1v) is 8.97. The summed E-state index contributed by atoms with van der Waals surface area (Å²) in [6.07, 6.45) is 1.63. The van der Waals surface area contributed by atoms with Gasteiger partial charge in [0.2, 0.25) is 5.55 Å². The van der Waals surface area contributed by atoms with Crippen LogP contribution in [-0.2, 0) is 0 Å². The number of hydrogen-bond acceptors (Lipinski definition) is 4. The molecule has 0 spiro atoms. The lowest BCUT2D eigenvalue weighted by Gasteiger charge is -2.07. The number of carbonyl (C=O) groups excluding carboxylic acids is 1. The molecule has 0 radical (unpaired) electrons. The van der Waals surface area contributed by atoms with Gasteiger partial charge < -0.3 is 9.73 Å². The van der Waals surface area contributed by atoms with Gasteiger partial charge in [0, 0.05) is 11.6 Å². The Hall–Kier alpha value is -3.73. The van der Waals surface area contributed by atoms with Crippen LogP contribution in [0.25, 0.3) is 11.0 Å². The lowest BCUT2D eigenvalue weighted by atomic mass is 10.1. The Morgan fingerprint density at radius 2 is 1.79 bits per heavy atom. The average molecular weight is 369 g/mol. The van der Waals surface area contributed by atoms with E-state index in [0.717, 1.165) is 16.6 Å². The molecule has 0 fully saturated rings.